The number of hydrogen-bond donors (Lipinski definition) is 0. The number of carbonyl (C=O) groups is 1. The van der Waals surface area contributed by atoms with Crippen molar-refractivity contribution in [2.24, 2.45) is 0 Å². The van der Waals surface area contributed by atoms with Gasteiger partial charge in [0.1, 0.15) is 17.6 Å². The zero-order valence-electron chi connectivity index (χ0n) is 16.2. The van der Waals surface area contributed by atoms with E-state index >= 15 is 0 Å². The van der Waals surface area contributed by atoms with E-state index in [1.54, 1.807) is 49.6 Å². The Morgan fingerprint density at radius 1 is 0.933 bits per heavy atom. The fraction of sp³-hybridized carbons (Fsp3) is 0.0870. The van der Waals surface area contributed by atoms with E-state index in [9.17, 15) is 9.59 Å². The molecule has 0 saturated heterocycles. The minimum absolute atomic E-state index is 0.213. The summed E-state index contributed by atoms with van der Waals surface area (Å²) < 4.78 is 21.6. The molecule has 0 amide bonds. The molecule has 4 rings (SSSR count). The monoisotopic (exact) mass is 403 g/mol. The molecule has 30 heavy (non-hydrogen) atoms. The van der Waals surface area contributed by atoms with Gasteiger partial charge in [0.25, 0.3) is 0 Å². The molecule has 2 aromatic carbocycles. The zero-order chi connectivity index (χ0) is 21.1. The van der Waals surface area contributed by atoms with Gasteiger partial charge >= 0.3 is 5.97 Å². The first-order valence-electron chi connectivity index (χ1n) is 9.01. The minimum atomic E-state index is -0.527. The summed E-state index contributed by atoms with van der Waals surface area (Å²) in [5, 5.41) is 0.367. The van der Waals surface area contributed by atoms with Crippen LogP contribution in [0.1, 0.15) is 10.4 Å². The van der Waals surface area contributed by atoms with E-state index in [0.717, 1.165) is 0 Å². The largest absolute Gasteiger partial charge is 0.493 e. The van der Waals surface area contributed by atoms with Crippen LogP contribution < -0.4 is 19.6 Å². The summed E-state index contributed by atoms with van der Waals surface area (Å²) in [4.78, 5) is 29.1. The predicted octanol–water partition coefficient (Wildman–Crippen LogP) is 4.09. The van der Waals surface area contributed by atoms with E-state index in [1.165, 1.54) is 31.8 Å². The Balaban J connectivity index is 1.68. The number of aromatic nitrogens is 1. The van der Waals surface area contributed by atoms with Crippen molar-refractivity contribution in [1.29, 1.82) is 0 Å². The number of nitrogens with zero attached hydrogens (tertiary/aromatic N) is 1. The highest BCUT2D eigenvalue weighted by atomic mass is 16.5. The van der Waals surface area contributed by atoms with Gasteiger partial charge in [-0.05, 0) is 42.0 Å². The third-order valence-corrected chi connectivity index (χ3v) is 4.57. The third-order valence-electron chi connectivity index (χ3n) is 4.57. The van der Waals surface area contributed by atoms with Crippen molar-refractivity contribution in [3.63, 3.8) is 0 Å². The molecule has 0 spiro atoms. The van der Waals surface area contributed by atoms with Gasteiger partial charge in [-0.1, -0.05) is 6.07 Å². The Labute approximate surface area is 171 Å². The van der Waals surface area contributed by atoms with Gasteiger partial charge in [-0.25, -0.2) is 4.79 Å². The maximum absolute atomic E-state index is 13.0. The second-order valence-electron chi connectivity index (χ2n) is 6.33. The third kappa shape index (κ3) is 3.60. The number of esters is 1. The molecule has 0 atom stereocenters. The molecule has 0 saturated carbocycles. The average Bonchev–Trinajstić information content (AvgIpc) is 2.79. The molecule has 0 fully saturated rings. The molecule has 0 unspecified atom stereocenters. The SMILES string of the molecule is COc1ccc(-c2coc3cc(OC(=O)c4ccncc4)ccc3c2=O)cc1OC. The standard InChI is InChI=1S/C23H17NO6/c1-27-19-6-3-15(11-21(19)28-2)18-13-29-20-12-16(4-5-17(20)22(18)25)30-23(26)14-7-9-24-10-8-14/h3-13H,1-2H3. The first kappa shape index (κ1) is 19.2. The first-order valence-corrected chi connectivity index (χ1v) is 9.01. The van der Waals surface area contributed by atoms with Gasteiger partial charge in [0.2, 0.25) is 0 Å². The molecule has 0 aliphatic heterocycles. The number of ether oxygens (including phenoxy) is 3. The topological polar surface area (TPSA) is 87.9 Å². The van der Waals surface area contributed by atoms with Crippen LogP contribution in [-0.2, 0) is 0 Å². The van der Waals surface area contributed by atoms with Gasteiger partial charge in [-0.3, -0.25) is 9.78 Å². The van der Waals surface area contributed by atoms with Crippen molar-refractivity contribution >= 4 is 16.9 Å². The summed E-state index contributed by atoms with van der Waals surface area (Å²) in [6, 6.07) is 12.9. The van der Waals surface area contributed by atoms with E-state index in [-0.39, 0.29) is 11.2 Å². The molecule has 0 aliphatic rings. The number of pyridine rings is 1. The smallest absolute Gasteiger partial charge is 0.343 e. The summed E-state index contributed by atoms with van der Waals surface area (Å²) in [5.41, 5.74) is 1.48. The van der Waals surface area contributed by atoms with Crippen LogP contribution in [0.4, 0.5) is 0 Å². The predicted molar refractivity (Wildman–Crippen MR) is 110 cm³/mol. The van der Waals surface area contributed by atoms with Gasteiger partial charge in [0, 0.05) is 18.5 Å². The lowest BCUT2D eigenvalue weighted by Crippen LogP contribution is -2.09. The highest BCUT2D eigenvalue weighted by molar-refractivity contribution is 5.91. The van der Waals surface area contributed by atoms with Crippen LogP contribution in [0, 0.1) is 0 Å². The Morgan fingerprint density at radius 2 is 1.70 bits per heavy atom. The molecule has 2 aromatic heterocycles. The second kappa shape index (κ2) is 8.08. The normalized spacial score (nSPS) is 10.6. The highest BCUT2D eigenvalue weighted by Crippen LogP contribution is 2.32. The van der Waals surface area contributed by atoms with E-state index in [4.69, 9.17) is 18.6 Å². The summed E-state index contributed by atoms with van der Waals surface area (Å²) in [6.45, 7) is 0. The maximum atomic E-state index is 13.0. The van der Waals surface area contributed by atoms with Crippen molar-refractivity contribution < 1.29 is 23.4 Å². The number of rotatable bonds is 5. The van der Waals surface area contributed by atoms with Crippen molar-refractivity contribution in [3.05, 3.63) is 83.0 Å². The molecule has 150 valence electrons. The molecule has 7 nitrogen and oxygen atoms in total. The van der Waals surface area contributed by atoms with Gasteiger partial charge in [0.15, 0.2) is 16.9 Å². The van der Waals surface area contributed by atoms with Gasteiger partial charge in [0.05, 0.1) is 30.7 Å². The average molecular weight is 403 g/mol. The molecular weight excluding hydrogens is 386 g/mol. The van der Waals surface area contributed by atoms with Crippen LogP contribution in [0.3, 0.4) is 0 Å². The zero-order valence-corrected chi connectivity index (χ0v) is 16.2. The van der Waals surface area contributed by atoms with Crippen LogP contribution in [-0.4, -0.2) is 25.2 Å². The molecule has 2 heterocycles. The van der Waals surface area contributed by atoms with Crippen molar-refractivity contribution in [3.8, 4) is 28.4 Å². The lowest BCUT2D eigenvalue weighted by atomic mass is 10.0. The lowest BCUT2D eigenvalue weighted by Gasteiger charge is -2.10. The van der Waals surface area contributed by atoms with Crippen LogP contribution in [0.5, 0.6) is 17.2 Å². The Morgan fingerprint density at radius 3 is 2.43 bits per heavy atom. The number of hydrogen-bond acceptors (Lipinski definition) is 7. The fourth-order valence-electron chi connectivity index (χ4n) is 3.03. The van der Waals surface area contributed by atoms with Gasteiger partial charge < -0.3 is 18.6 Å². The Hall–Kier alpha value is -4.13. The summed E-state index contributed by atoms with van der Waals surface area (Å²) >= 11 is 0. The van der Waals surface area contributed by atoms with Gasteiger partial charge in [-0.15, -0.1) is 0 Å². The van der Waals surface area contributed by atoms with E-state index < -0.39 is 5.97 Å². The van der Waals surface area contributed by atoms with E-state index in [0.29, 0.717) is 39.2 Å². The Kier molecular flexibility index (Phi) is 5.17. The van der Waals surface area contributed by atoms with Crippen LogP contribution in [0.25, 0.3) is 22.1 Å². The van der Waals surface area contributed by atoms with Crippen molar-refractivity contribution in [2.45, 2.75) is 0 Å². The molecule has 4 aromatic rings. The van der Waals surface area contributed by atoms with Crippen LogP contribution in [0.2, 0.25) is 0 Å². The molecule has 7 heteroatoms. The number of methoxy groups -OCH3 is 2. The van der Waals surface area contributed by atoms with Gasteiger partial charge in [-0.2, -0.15) is 0 Å². The molecular formula is C23H17NO6. The number of benzene rings is 2. The van der Waals surface area contributed by atoms with Crippen LogP contribution >= 0.6 is 0 Å². The van der Waals surface area contributed by atoms with Crippen LogP contribution in [0.15, 0.2) is 76.4 Å². The molecule has 0 radical (unpaired) electrons. The first-order chi connectivity index (χ1) is 14.6. The lowest BCUT2D eigenvalue weighted by molar-refractivity contribution is 0.0735. The number of carbonyl (C=O) groups excluding carboxylic acids is 1. The van der Waals surface area contributed by atoms with Crippen molar-refractivity contribution in [2.75, 3.05) is 14.2 Å². The summed E-state index contributed by atoms with van der Waals surface area (Å²) in [7, 11) is 3.07. The highest BCUT2D eigenvalue weighted by Gasteiger charge is 2.14. The van der Waals surface area contributed by atoms with E-state index in [2.05, 4.69) is 4.98 Å². The number of fused-ring (bicyclic) bond motifs is 1. The molecule has 0 aliphatic carbocycles. The molecule has 0 N–H and O–H groups in total. The second-order valence-corrected chi connectivity index (χ2v) is 6.33. The quantitative estimate of drug-likeness (QED) is 0.366. The van der Waals surface area contributed by atoms with E-state index in [1.807, 2.05) is 0 Å². The van der Waals surface area contributed by atoms with Crippen molar-refractivity contribution in [1.82, 2.24) is 4.98 Å². The maximum Gasteiger partial charge on any atom is 0.343 e. The minimum Gasteiger partial charge on any atom is -0.493 e. The summed E-state index contributed by atoms with van der Waals surface area (Å²) in [6.07, 6.45) is 4.39. The summed E-state index contributed by atoms with van der Waals surface area (Å²) in [5.74, 6) is 0.812. The fourth-order valence-corrected chi connectivity index (χ4v) is 3.03. The molecule has 0 bridgehead atoms. The Bertz CT molecular complexity index is 1280.